The van der Waals surface area contributed by atoms with E-state index in [1.807, 2.05) is 12.5 Å². The number of imidazole rings is 1. The van der Waals surface area contributed by atoms with E-state index >= 15 is 0 Å². The summed E-state index contributed by atoms with van der Waals surface area (Å²) in [5, 5.41) is 0. The van der Waals surface area contributed by atoms with Gasteiger partial charge in [0.25, 0.3) is 0 Å². The van der Waals surface area contributed by atoms with E-state index in [4.69, 9.17) is 10.5 Å². The first-order valence-corrected chi connectivity index (χ1v) is 7.94. The number of ether oxygens (including phenoxy) is 1. The molecule has 0 amide bonds. The van der Waals surface area contributed by atoms with Crippen molar-refractivity contribution in [1.82, 2.24) is 9.55 Å². The minimum Gasteiger partial charge on any atom is -0.375 e. The summed E-state index contributed by atoms with van der Waals surface area (Å²) in [6.45, 7) is 9.60. The third-order valence-electron chi connectivity index (χ3n) is 4.90. The topological polar surface area (TPSA) is 53.1 Å². The van der Waals surface area contributed by atoms with E-state index in [1.165, 1.54) is 0 Å². The van der Waals surface area contributed by atoms with Gasteiger partial charge in [0, 0.05) is 24.9 Å². The summed E-state index contributed by atoms with van der Waals surface area (Å²) in [5.74, 6) is 0.424. The molecule has 2 unspecified atom stereocenters. The van der Waals surface area contributed by atoms with Crippen molar-refractivity contribution >= 4 is 0 Å². The summed E-state index contributed by atoms with van der Waals surface area (Å²) in [6, 6.07) is 0.518. The molecule has 1 aliphatic rings. The maximum absolute atomic E-state index is 6.33. The summed E-state index contributed by atoms with van der Waals surface area (Å²) in [7, 11) is 0. The van der Waals surface area contributed by atoms with Gasteiger partial charge in [0.1, 0.15) is 0 Å². The highest BCUT2D eigenvalue weighted by Crippen LogP contribution is 2.38. The van der Waals surface area contributed by atoms with E-state index in [0.717, 1.165) is 38.0 Å². The van der Waals surface area contributed by atoms with Crippen molar-refractivity contribution in [3.8, 4) is 0 Å². The van der Waals surface area contributed by atoms with Crippen LogP contribution >= 0.6 is 0 Å². The van der Waals surface area contributed by atoms with Gasteiger partial charge in [0.2, 0.25) is 0 Å². The van der Waals surface area contributed by atoms with Crippen molar-refractivity contribution < 1.29 is 4.74 Å². The molecule has 0 aliphatic carbocycles. The Hall–Kier alpha value is -0.870. The van der Waals surface area contributed by atoms with E-state index < -0.39 is 0 Å². The highest BCUT2D eigenvalue weighted by atomic mass is 16.5. The normalized spacial score (nSPS) is 24.0. The first-order valence-electron chi connectivity index (χ1n) is 7.94. The van der Waals surface area contributed by atoms with Crippen molar-refractivity contribution in [3.63, 3.8) is 0 Å². The first kappa shape index (κ1) is 15.5. The SMILES string of the molecule is CCC1(CC)CC(n2cncc2C(N)C(C)C)CCO1. The summed E-state index contributed by atoms with van der Waals surface area (Å²) in [4.78, 5) is 4.34. The Morgan fingerprint density at radius 3 is 2.75 bits per heavy atom. The van der Waals surface area contributed by atoms with Crippen molar-refractivity contribution in [3.05, 3.63) is 18.2 Å². The van der Waals surface area contributed by atoms with Crippen LogP contribution in [0.1, 0.15) is 71.2 Å². The fourth-order valence-electron chi connectivity index (χ4n) is 3.20. The third kappa shape index (κ3) is 2.91. The molecule has 1 aromatic heterocycles. The molecule has 4 nitrogen and oxygen atoms in total. The lowest BCUT2D eigenvalue weighted by Crippen LogP contribution is -2.40. The van der Waals surface area contributed by atoms with Gasteiger partial charge in [0.05, 0.1) is 17.6 Å². The molecule has 0 aromatic carbocycles. The van der Waals surface area contributed by atoms with Gasteiger partial charge in [-0.15, -0.1) is 0 Å². The molecule has 0 bridgehead atoms. The van der Waals surface area contributed by atoms with E-state index in [9.17, 15) is 0 Å². The molecule has 1 fully saturated rings. The third-order valence-corrected chi connectivity index (χ3v) is 4.90. The quantitative estimate of drug-likeness (QED) is 0.898. The number of aromatic nitrogens is 2. The zero-order chi connectivity index (χ0) is 14.8. The average Bonchev–Trinajstić information content (AvgIpc) is 2.95. The Morgan fingerprint density at radius 2 is 2.15 bits per heavy atom. The zero-order valence-corrected chi connectivity index (χ0v) is 13.3. The van der Waals surface area contributed by atoms with Crippen LogP contribution < -0.4 is 5.73 Å². The molecule has 2 atom stereocenters. The van der Waals surface area contributed by atoms with Gasteiger partial charge >= 0.3 is 0 Å². The number of rotatable bonds is 5. The average molecular weight is 279 g/mol. The van der Waals surface area contributed by atoms with Gasteiger partial charge in [-0.2, -0.15) is 0 Å². The number of hydrogen-bond donors (Lipinski definition) is 1. The van der Waals surface area contributed by atoms with Crippen LogP contribution in [0.25, 0.3) is 0 Å². The Kier molecular flexibility index (Phi) is 4.86. The zero-order valence-electron chi connectivity index (χ0n) is 13.3. The van der Waals surface area contributed by atoms with Crippen LogP contribution in [0.5, 0.6) is 0 Å². The molecule has 0 saturated carbocycles. The van der Waals surface area contributed by atoms with Gasteiger partial charge in [-0.25, -0.2) is 4.98 Å². The Labute approximate surface area is 122 Å². The number of nitrogens with zero attached hydrogens (tertiary/aromatic N) is 2. The highest BCUT2D eigenvalue weighted by molar-refractivity contribution is 5.08. The van der Waals surface area contributed by atoms with Crippen LogP contribution in [0.3, 0.4) is 0 Å². The molecule has 2 heterocycles. The second kappa shape index (κ2) is 6.27. The fourth-order valence-corrected chi connectivity index (χ4v) is 3.20. The van der Waals surface area contributed by atoms with Crippen molar-refractivity contribution in [2.75, 3.05) is 6.61 Å². The summed E-state index contributed by atoms with van der Waals surface area (Å²) in [6.07, 6.45) is 8.13. The molecule has 2 rings (SSSR count). The lowest BCUT2D eigenvalue weighted by molar-refractivity contribution is -0.0991. The van der Waals surface area contributed by atoms with Crippen LogP contribution in [0.2, 0.25) is 0 Å². The van der Waals surface area contributed by atoms with Crippen LogP contribution in [0.15, 0.2) is 12.5 Å². The largest absolute Gasteiger partial charge is 0.375 e. The smallest absolute Gasteiger partial charge is 0.0951 e. The second-order valence-electron chi connectivity index (χ2n) is 6.38. The van der Waals surface area contributed by atoms with Crippen molar-refractivity contribution in [1.29, 1.82) is 0 Å². The molecule has 2 N–H and O–H groups in total. The number of hydrogen-bond acceptors (Lipinski definition) is 3. The highest BCUT2D eigenvalue weighted by Gasteiger charge is 2.36. The van der Waals surface area contributed by atoms with E-state index in [-0.39, 0.29) is 11.6 Å². The van der Waals surface area contributed by atoms with Crippen LogP contribution in [0, 0.1) is 5.92 Å². The minimum atomic E-state index is 0.0341. The molecule has 1 saturated heterocycles. The van der Waals surface area contributed by atoms with Gasteiger partial charge in [-0.05, 0) is 31.6 Å². The second-order valence-corrected chi connectivity index (χ2v) is 6.38. The molecular weight excluding hydrogens is 250 g/mol. The predicted molar refractivity (Wildman–Crippen MR) is 81.5 cm³/mol. The summed E-state index contributed by atoms with van der Waals surface area (Å²) in [5.41, 5.74) is 7.52. The van der Waals surface area contributed by atoms with E-state index in [0.29, 0.717) is 12.0 Å². The monoisotopic (exact) mass is 279 g/mol. The molecular formula is C16H29N3O. The summed E-state index contributed by atoms with van der Waals surface area (Å²) < 4.78 is 8.37. The molecule has 1 aromatic rings. The number of nitrogens with two attached hydrogens (primary N) is 1. The van der Waals surface area contributed by atoms with Gasteiger partial charge < -0.3 is 15.0 Å². The Bertz CT molecular complexity index is 423. The lowest BCUT2D eigenvalue weighted by atomic mass is 9.85. The Morgan fingerprint density at radius 1 is 1.45 bits per heavy atom. The lowest BCUT2D eigenvalue weighted by Gasteiger charge is -2.41. The molecule has 0 spiro atoms. The van der Waals surface area contributed by atoms with Gasteiger partial charge in [0.15, 0.2) is 0 Å². The standard InChI is InChI=1S/C16H29N3O/c1-5-16(6-2)9-13(7-8-20-16)19-11-18-10-14(19)15(17)12(3)4/h10-13,15H,5-9,17H2,1-4H3. The predicted octanol–water partition coefficient (Wildman–Crippen LogP) is 3.45. The minimum absolute atomic E-state index is 0.0341. The van der Waals surface area contributed by atoms with Crippen LogP contribution in [-0.4, -0.2) is 21.8 Å². The molecule has 114 valence electrons. The first-order chi connectivity index (χ1) is 9.53. The van der Waals surface area contributed by atoms with Gasteiger partial charge in [-0.3, -0.25) is 0 Å². The van der Waals surface area contributed by atoms with Crippen molar-refractivity contribution in [2.24, 2.45) is 11.7 Å². The molecule has 20 heavy (non-hydrogen) atoms. The van der Waals surface area contributed by atoms with Crippen LogP contribution in [-0.2, 0) is 4.74 Å². The fraction of sp³-hybridized carbons (Fsp3) is 0.812. The molecule has 1 aliphatic heterocycles. The van der Waals surface area contributed by atoms with Crippen LogP contribution in [0.4, 0.5) is 0 Å². The van der Waals surface area contributed by atoms with E-state index in [2.05, 4.69) is 37.2 Å². The Balaban J connectivity index is 2.22. The van der Waals surface area contributed by atoms with Gasteiger partial charge in [-0.1, -0.05) is 27.7 Å². The van der Waals surface area contributed by atoms with Crippen molar-refractivity contribution in [2.45, 2.75) is 71.1 Å². The maximum Gasteiger partial charge on any atom is 0.0951 e. The summed E-state index contributed by atoms with van der Waals surface area (Å²) >= 11 is 0. The molecule has 4 heteroatoms. The van der Waals surface area contributed by atoms with E-state index in [1.54, 1.807) is 0 Å². The molecule has 0 radical (unpaired) electrons. The maximum atomic E-state index is 6.33.